The minimum Gasteiger partial charge on any atom is -0.744 e. The maximum atomic E-state index is 13.7. The molecule has 0 aliphatic heterocycles. The largest absolute Gasteiger partial charge is 1.00 e. The number of aromatic hydroxyl groups is 2. The van der Waals surface area contributed by atoms with E-state index in [4.69, 9.17) is 9.47 Å². The summed E-state index contributed by atoms with van der Waals surface area (Å²) in [5.41, 5.74) is 0.956. The Morgan fingerprint density at radius 1 is 0.725 bits per heavy atom. The van der Waals surface area contributed by atoms with E-state index in [1.807, 2.05) is 0 Å². The summed E-state index contributed by atoms with van der Waals surface area (Å²) in [5, 5.41) is 35.9. The predicted molar refractivity (Wildman–Crippen MR) is 252 cm³/mol. The summed E-state index contributed by atoms with van der Waals surface area (Å²) in [6.45, 7) is 15.0. The minimum atomic E-state index is -5.45. The van der Waals surface area contributed by atoms with Crippen molar-refractivity contribution < 1.29 is 114 Å². The number of hydrogen-bond acceptors (Lipinski definition) is 14. The van der Waals surface area contributed by atoms with Gasteiger partial charge in [-0.05, 0) is 89.9 Å². The maximum Gasteiger partial charge on any atom is 1.00 e. The molecule has 6 aromatic carbocycles. The number of carbonyl (C=O) groups is 2. The van der Waals surface area contributed by atoms with Crippen molar-refractivity contribution >= 4 is 70.7 Å². The van der Waals surface area contributed by atoms with E-state index < -0.39 is 59.0 Å². The number of para-hydroxylation sites is 1. The van der Waals surface area contributed by atoms with Crippen molar-refractivity contribution in [3.63, 3.8) is 0 Å². The molecule has 4 N–H and O–H groups in total. The number of azo groups is 1. The third-order valence-electron chi connectivity index (χ3n) is 11.9. The average Bonchev–Trinajstić information content (AvgIpc) is 3.27. The SMILES string of the molecule is CCC(C)(C)c1ccc(OCCCCNC(=O)c2cc(Oc3ccccc3N=Nc3c(S(=O)(=O)[O-])cc4cc(S(=O)(=O)[O-])cc(NC(C)=O)c4c3O)c3ccccc3c2O)c(C(C)(C)CC)c1.[Na+].[Na+]. The Morgan fingerprint density at radius 3 is 2.01 bits per heavy atom. The second kappa shape index (κ2) is 23.1. The number of phenols is 2. The Morgan fingerprint density at radius 2 is 1.38 bits per heavy atom. The van der Waals surface area contributed by atoms with Crippen LogP contribution in [-0.2, 0) is 35.9 Å². The van der Waals surface area contributed by atoms with Gasteiger partial charge >= 0.3 is 59.1 Å². The molecule has 2 amide bonds. The van der Waals surface area contributed by atoms with E-state index in [2.05, 4.69) is 80.6 Å². The number of unbranched alkanes of at least 4 members (excludes halogenated alkanes) is 1. The zero-order valence-corrected chi connectivity index (χ0v) is 45.7. The van der Waals surface area contributed by atoms with Crippen molar-refractivity contribution in [1.29, 1.82) is 0 Å². The van der Waals surface area contributed by atoms with Crippen LogP contribution in [0.3, 0.4) is 0 Å². The number of nitrogens with zero attached hydrogens (tertiary/aromatic N) is 2. The zero-order valence-electron chi connectivity index (χ0n) is 40.1. The predicted octanol–water partition coefficient (Wildman–Crippen LogP) is 4.35. The number of rotatable bonds is 18. The number of phenolic OH excluding ortho intramolecular Hbond substituents is 2. The molecule has 6 rings (SSSR count). The number of ether oxygens (including phenoxy) is 2. The Hall–Kier alpha value is -4.60. The Kier molecular flexibility index (Phi) is 19.1. The van der Waals surface area contributed by atoms with Gasteiger partial charge in [0.2, 0.25) is 5.91 Å². The third kappa shape index (κ3) is 13.2. The molecule has 0 spiro atoms. The first-order valence-electron chi connectivity index (χ1n) is 21.5. The van der Waals surface area contributed by atoms with Crippen molar-refractivity contribution in [2.45, 2.75) is 94.8 Å². The molecule has 0 atom stereocenters. The molecule has 0 aliphatic carbocycles. The average molecular weight is 999 g/mol. The van der Waals surface area contributed by atoms with Crippen LogP contribution in [0.5, 0.6) is 28.7 Å². The quantitative estimate of drug-likeness (QED) is 0.0406. The topological polar surface area (TPSA) is 256 Å². The zero-order chi connectivity index (χ0) is 49.1. The van der Waals surface area contributed by atoms with Gasteiger partial charge in [-0.2, -0.15) is 0 Å². The number of hydrogen-bond donors (Lipinski definition) is 4. The molecule has 20 heteroatoms. The Bertz CT molecular complexity index is 3160. The molecule has 0 aromatic heterocycles. The van der Waals surface area contributed by atoms with E-state index in [1.54, 1.807) is 36.4 Å². The third-order valence-corrected chi connectivity index (χ3v) is 13.6. The van der Waals surface area contributed by atoms with Crippen molar-refractivity contribution in [3.05, 3.63) is 108 Å². The summed E-state index contributed by atoms with van der Waals surface area (Å²) in [7, 11) is -10.6. The molecular weight excluding hydrogens is 947 g/mol. The van der Waals surface area contributed by atoms with E-state index in [0.29, 0.717) is 36.3 Å². The maximum absolute atomic E-state index is 13.7. The second-order valence-electron chi connectivity index (χ2n) is 17.3. The normalized spacial score (nSPS) is 12.1. The Labute approximate surface area is 446 Å². The first kappa shape index (κ1) is 57.0. The van der Waals surface area contributed by atoms with Gasteiger partial charge in [-0.15, -0.1) is 10.2 Å². The monoisotopic (exact) mass is 998 g/mol. The molecule has 0 bridgehead atoms. The van der Waals surface area contributed by atoms with Gasteiger partial charge in [0, 0.05) is 35.2 Å². The van der Waals surface area contributed by atoms with Gasteiger partial charge in [-0.3, -0.25) is 9.59 Å². The van der Waals surface area contributed by atoms with Crippen LogP contribution in [0.25, 0.3) is 21.5 Å². The molecule has 0 heterocycles. The van der Waals surface area contributed by atoms with E-state index in [-0.39, 0.29) is 116 Å². The summed E-state index contributed by atoms with van der Waals surface area (Å²) in [4.78, 5) is 23.7. The summed E-state index contributed by atoms with van der Waals surface area (Å²) < 4.78 is 85.8. The fraction of sp³-hybridized carbons (Fsp3) is 0.306. The van der Waals surface area contributed by atoms with Gasteiger partial charge in [0.15, 0.2) is 11.5 Å². The van der Waals surface area contributed by atoms with Crippen molar-refractivity contribution in [2.75, 3.05) is 18.5 Å². The smallest absolute Gasteiger partial charge is 0.744 e. The fourth-order valence-electron chi connectivity index (χ4n) is 7.32. The van der Waals surface area contributed by atoms with Crippen LogP contribution in [0.15, 0.2) is 111 Å². The first-order chi connectivity index (χ1) is 31.5. The molecule has 0 aliphatic rings. The number of carbonyl (C=O) groups excluding carboxylic acids is 2. The molecule has 0 fully saturated rings. The van der Waals surface area contributed by atoms with Crippen LogP contribution in [0.2, 0.25) is 0 Å². The number of nitrogens with one attached hydrogen (secondary N) is 2. The second-order valence-corrected chi connectivity index (χ2v) is 20.0. The van der Waals surface area contributed by atoms with E-state index in [0.717, 1.165) is 43.2 Å². The molecule has 0 radical (unpaired) electrons. The van der Waals surface area contributed by atoms with Crippen molar-refractivity contribution in [2.24, 2.45) is 10.2 Å². The summed E-state index contributed by atoms with van der Waals surface area (Å²) in [5.74, 6) is -1.60. The van der Waals surface area contributed by atoms with E-state index >= 15 is 0 Å². The number of benzene rings is 6. The standard InChI is InChI=1S/C49H54N4O12S2.2Na/c1-8-48(4,5)31-20-21-39(36(26-31)49(6,7)9-2)64-23-15-14-22-50-47(57)35-28-41(33-16-10-11-17-34(33)45(35)55)65-40-19-13-12-18-37(40)52-53-44-42(67(61,62)63)25-30-24-32(66(58,59)60)27-38(51-29(3)54)43(30)46(44)56;;/h10-13,16-21,24-28,55-56H,8-9,14-15,22-23H2,1-7H3,(H,50,57)(H,51,54)(H,58,59,60)(H,61,62,63);;/q;2*+1/p-2. The van der Waals surface area contributed by atoms with Crippen LogP contribution in [-0.4, -0.2) is 61.1 Å². The van der Waals surface area contributed by atoms with Crippen LogP contribution in [0, 0.1) is 0 Å². The van der Waals surface area contributed by atoms with Crippen LogP contribution < -0.4 is 79.2 Å². The van der Waals surface area contributed by atoms with Gasteiger partial charge < -0.3 is 39.4 Å². The molecular formula is C49H52N4Na2O12S2. The van der Waals surface area contributed by atoms with Gasteiger partial charge in [-0.25, -0.2) is 16.8 Å². The van der Waals surface area contributed by atoms with Gasteiger partial charge in [0.25, 0.3) is 5.91 Å². The van der Waals surface area contributed by atoms with Crippen molar-refractivity contribution in [1.82, 2.24) is 5.32 Å². The number of anilines is 1. The van der Waals surface area contributed by atoms with E-state index in [9.17, 15) is 45.7 Å². The summed E-state index contributed by atoms with van der Waals surface area (Å²) in [6, 6.07) is 22.7. The molecule has 16 nitrogen and oxygen atoms in total. The number of amides is 2. The minimum absolute atomic E-state index is 0. The van der Waals surface area contributed by atoms with Crippen LogP contribution >= 0.6 is 0 Å². The Balaban J connectivity index is 0.00000518. The molecule has 0 saturated carbocycles. The van der Waals surface area contributed by atoms with Gasteiger partial charge in [-0.1, -0.05) is 90.1 Å². The molecule has 69 heavy (non-hydrogen) atoms. The van der Waals surface area contributed by atoms with Crippen molar-refractivity contribution in [3.8, 4) is 28.7 Å². The molecule has 0 unspecified atom stereocenters. The molecule has 354 valence electrons. The summed E-state index contributed by atoms with van der Waals surface area (Å²) >= 11 is 0. The van der Waals surface area contributed by atoms with E-state index in [1.165, 1.54) is 23.8 Å². The first-order valence-corrected chi connectivity index (χ1v) is 24.3. The van der Waals surface area contributed by atoms with Crippen LogP contribution in [0.1, 0.15) is 95.6 Å². The fourth-order valence-corrected chi connectivity index (χ4v) is 8.50. The van der Waals surface area contributed by atoms with Gasteiger partial charge in [0.1, 0.15) is 48.9 Å². The molecule has 6 aromatic rings. The van der Waals surface area contributed by atoms with Gasteiger partial charge in [0.05, 0.1) is 27.6 Å². The molecule has 0 saturated heterocycles. The summed E-state index contributed by atoms with van der Waals surface area (Å²) in [6.07, 6.45) is 3.15. The number of fused-ring (bicyclic) bond motifs is 2. The van der Waals surface area contributed by atoms with Crippen LogP contribution in [0.4, 0.5) is 17.1 Å².